The summed E-state index contributed by atoms with van der Waals surface area (Å²) in [7, 11) is 1.84. The van der Waals surface area contributed by atoms with Crippen molar-refractivity contribution in [1.82, 2.24) is 9.97 Å². The molecule has 0 saturated carbocycles. The number of hydrogen-bond donors (Lipinski definition) is 1. The maximum absolute atomic E-state index is 12.4. The minimum atomic E-state index is -0.361. The van der Waals surface area contributed by atoms with Gasteiger partial charge in [-0.3, -0.25) is 4.79 Å². The molecule has 0 unspecified atom stereocenters. The Morgan fingerprint density at radius 1 is 1.12 bits per heavy atom. The molecule has 0 aliphatic rings. The van der Waals surface area contributed by atoms with Crippen LogP contribution in [0.25, 0.3) is 0 Å². The third-order valence-corrected chi connectivity index (χ3v) is 3.57. The summed E-state index contributed by atoms with van der Waals surface area (Å²) in [5.41, 5.74) is 2.18. The topological polar surface area (TPSA) is 81.9 Å². The molecule has 0 aliphatic heterocycles. The molecule has 25 heavy (non-hydrogen) atoms. The van der Waals surface area contributed by atoms with Crippen LogP contribution in [-0.4, -0.2) is 22.9 Å². The van der Waals surface area contributed by atoms with Gasteiger partial charge in [-0.05, 0) is 36.4 Å². The number of nitrogens with zero attached hydrogens (tertiary/aromatic N) is 4. The fourth-order valence-corrected chi connectivity index (χ4v) is 2.27. The quantitative estimate of drug-likeness (QED) is 0.793. The number of aromatic nitrogens is 2. The van der Waals surface area contributed by atoms with Crippen molar-refractivity contribution in [2.75, 3.05) is 17.3 Å². The van der Waals surface area contributed by atoms with Crippen molar-refractivity contribution in [3.05, 3.63) is 78.1 Å². The Balaban J connectivity index is 1.81. The highest BCUT2D eigenvalue weighted by molar-refractivity contribution is 6.03. The second-order valence-electron chi connectivity index (χ2n) is 5.28. The van der Waals surface area contributed by atoms with E-state index in [2.05, 4.69) is 15.3 Å². The van der Waals surface area contributed by atoms with Crippen LogP contribution >= 0.6 is 0 Å². The van der Waals surface area contributed by atoms with Gasteiger partial charge >= 0.3 is 0 Å². The highest BCUT2D eigenvalue weighted by atomic mass is 16.1. The predicted molar refractivity (Wildman–Crippen MR) is 95.6 cm³/mol. The number of hydrogen-bond acceptors (Lipinski definition) is 5. The van der Waals surface area contributed by atoms with Crippen LogP contribution < -0.4 is 10.2 Å². The molecule has 122 valence electrons. The number of rotatable bonds is 4. The smallest absolute Gasteiger partial charge is 0.274 e. The molecular formula is C19H15N5O. The number of para-hydroxylation sites is 1. The van der Waals surface area contributed by atoms with Crippen molar-refractivity contribution < 1.29 is 4.79 Å². The number of anilines is 3. The Hall–Kier alpha value is -3.72. The Morgan fingerprint density at radius 2 is 1.92 bits per heavy atom. The summed E-state index contributed by atoms with van der Waals surface area (Å²) in [5.74, 6) is 0.0600. The lowest BCUT2D eigenvalue weighted by atomic mass is 10.2. The Labute approximate surface area is 145 Å². The standard InChI is InChI=1S/C19H15N5O/c1-24(16-8-3-2-4-9-16)19-21-11-10-17(23-19)18(25)22-15-7-5-6-14(12-15)13-20/h2-12H,1H3,(H,22,25). The molecule has 6 nitrogen and oxygen atoms in total. The summed E-state index contributed by atoms with van der Waals surface area (Å²) in [6, 6.07) is 19.9. The van der Waals surface area contributed by atoms with Gasteiger partial charge in [0.1, 0.15) is 5.69 Å². The highest BCUT2D eigenvalue weighted by Gasteiger charge is 2.12. The van der Waals surface area contributed by atoms with Crippen LogP contribution in [0.3, 0.4) is 0 Å². The van der Waals surface area contributed by atoms with Crippen molar-refractivity contribution in [3.8, 4) is 6.07 Å². The fraction of sp³-hybridized carbons (Fsp3) is 0.0526. The van der Waals surface area contributed by atoms with E-state index < -0.39 is 0 Å². The molecule has 0 saturated heterocycles. The second-order valence-corrected chi connectivity index (χ2v) is 5.28. The summed E-state index contributed by atoms with van der Waals surface area (Å²) in [6.45, 7) is 0. The summed E-state index contributed by atoms with van der Waals surface area (Å²) in [4.78, 5) is 22.8. The average Bonchev–Trinajstić information content (AvgIpc) is 2.68. The van der Waals surface area contributed by atoms with E-state index in [1.165, 1.54) is 0 Å². The van der Waals surface area contributed by atoms with E-state index in [9.17, 15) is 4.79 Å². The number of carbonyl (C=O) groups excluding carboxylic acids is 1. The fourth-order valence-electron chi connectivity index (χ4n) is 2.27. The minimum absolute atomic E-state index is 0.246. The largest absolute Gasteiger partial charge is 0.321 e. The maximum atomic E-state index is 12.4. The molecule has 1 aromatic heterocycles. The third kappa shape index (κ3) is 3.79. The molecular weight excluding hydrogens is 314 g/mol. The monoisotopic (exact) mass is 329 g/mol. The van der Waals surface area contributed by atoms with Gasteiger partial charge in [0, 0.05) is 24.6 Å². The second kappa shape index (κ2) is 7.23. The van der Waals surface area contributed by atoms with Gasteiger partial charge in [0.2, 0.25) is 5.95 Å². The first-order valence-electron chi connectivity index (χ1n) is 7.61. The molecule has 3 aromatic rings. The zero-order valence-electron chi connectivity index (χ0n) is 13.5. The van der Waals surface area contributed by atoms with Crippen LogP contribution in [0.1, 0.15) is 16.1 Å². The molecule has 6 heteroatoms. The predicted octanol–water partition coefficient (Wildman–Crippen LogP) is 3.37. The summed E-state index contributed by atoms with van der Waals surface area (Å²) < 4.78 is 0. The molecule has 1 N–H and O–H groups in total. The number of benzene rings is 2. The molecule has 2 aromatic carbocycles. The number of carbonyl (C=O) groups is 1. The van der Waals surface area contributed by atoms with Crippen LogP contribution in [0.15, 0.2) is 66.9 Å². The zero-order chi connectivity index (χ0) is 17.6. The molecule has 0 atom stereocenters. The van der Waals surface area contributed by atoms with Crippen molar-refractivity contribution in [2.24, 2.45) is 0 Å². The molecule has 0 aliphatic carbocycles. The van der Waals surface area contributed by atoms with Crippen molar-refractivity contribution >= 4 is 23.2 Å². The molecule has 0 fully saturated rings. The maximum Gasteiger partial charge on any atom is 0.274 e. The van der Waals surface area contributed by atoms with Crippen LogP contribution in [0.5, 0.6) is 0 Å². The molecule has 0 bridgehead atoms. The minimum Gasteiger partial charge on any atom is -0.321 e. The van der Waals surface area contributed by atoms with Crippen molar-refractivity contribution in [2.45, 2.75) is 0 Å². The normalized spacial score (nSPS) is 9.92. The van der Waals surface area contributed by atoms with Crippen LogP contribution in [0.2, 0.25) is 0 Å². The first kappa shape index (κ1) is 16.1. The third-order valence-electron chi connectivity index (χ3n) is 3.57. The molecule has 0 spiro atoms. The van der Waals surface area contributed by atoms with E-state index in [-0.39, 0.29) is 11.6 Å². The first-order chi connectivity index (χ1) is 12.2. The van der Waals surface area contributed by atoms with Crippen LogP contribution in [0.4, 0.5) is 17.3 Å². The van der Waals surface area contributed by atoms with Gasteiger partial charge in [-0.15, -0.1) is 0 Å². The van der Waals surface area contributed by atoms with E-state index in [1.807, 2.05) is 43.4 Å². The molecule has 1 heterocycles. The van der Waals surface area contributed by atoms with E-state index in [1.54, 1.807) is 41.4 Å². The number of nitriles is 1. The van der Waals surface area contributed by atoms with Crippen molar-refractivity contribution in [1.29, 1.82) is 5.26 Å². The van der Waals surface area contributed by atoms with Gasteiger partial charge < -0.3 is 10.2 Å². The summed E-state index contributed by atoms with van der Waals surface area (Å²) in [5, 5.41) is 11.7. The van der Waals surface area contributed by atoms with Gasteiger partial charge in [0.05, 0.1) is 11.6 Å². The lowest BCUT2D eigenvalue weighted by Gasteiger charge is -2.17. The van der Waals surface area contributed by atoms with E-state index in [4.69, 9.17) is 5.26 Å². The van der Waals surface area contributed by atoms with Gasteiger partial charge in [-0.1, -0.05) is 24.3 Å². The zero-order valence-corrected chi connectivity index (χ0v) is 13.5. The Bertz CT molecular complexity index is 934. The van der Waals surface area contributed by atoms with E-state index in [0.29, 0.717) is 17.2 Å². The average molecular weight is 329 g/mol. The van der Waals surface area contributed by atoms with E-state index in [0.717, 1.165) is 5.69 Å². The molecule has 3 rings (SSSR count). The van der Waals surface area contributed by atoms with Gasteiger partial charge in [-0.2, -0.15) is 5.26 Å². The summed E-state index contributed by atoms with van der Waals surface area (Å²) >= 11 is 0. The summed E-state index contributed by atoms with van der Waals surface area (Å²) in [6.07, 6.45) is 1.54. The lowest BCUT2D eigenvalue weighted by Crippen LogP contribution is -2.18. The number of nitrogens with one attached hydrogen (secondary N) is 1. The lowest BCUT2D eigenvalue weighted by molar-refractivity contribution is 0.102. The molecule has 0 radical (unpaired) electrons. The van der Waals surface area contributed by atoms with Crippen LogP contribution in [-0.2, 0) is 0 Å². The van der Waals surface area contributed by atoms with Gasteiger partial charge in [0.15, 0.2) is 0 Å². The van der Waals surface area contributed by atoms with Crippen LogP contribution in [0, 0.1) is 11.3 Å². The van der Waals surface area contributed by atoms with Gasteiger partial charge in [0.25, 0.3) is 5.91 Å². The first-order valence-corrected chi connectivity index (χ1v) is 7.61. The highest BCUT2D eigenvalue weighted by Crippen LogP contribution is 2.19. The SMILES string of the molecule is CN(c1ccccc1)c1nccc(C(=O)Nc2cccc(C#N)c2)n1. The van der Waals surface area contributed by atoms with E-state index >= 15 is 0 Å². The van der Waals surface area contributed by atoms with Crippen molar-refractivity contribution in [3.63, 3.8) is 0 Å². The molecule has 1 amide bonds. The Morgan fingerprint density at radius 3 is 2.68 bits per heavy atom. The van der Waals surface area contributed by atoms with Gasteiger partial charge in [-0.25, -0.2) is 9.97 Å². The number of amides is 1. The Kier molecular flexibility index (Phi) is 4.67.